The molecule has 5 nitrogen and oxygen atoms in total. The number of benzene rings is 1. The van der Waals surface area contributed by atoms with Gasteiger partial charge in [-0.15, -0.1) is 0 Å². The molecule has 0 bridgehead atoms. The molecule has 114 valence electrons. The van der Waals surface area contributed by atoms with E-state index in [4.69, 9.17) is 14.7 Å². The molecule has 0 amide bonds. The summed E-state index contributed by atoms with van der Waals surface area (Å²) in [6.07, 6.45) is -0.135. The van der Waals surface area contributed by atoms with Crippen LogP contribution in [-0.4, -0.2) is 54.6 Å². The minimum atomic E-state index is -0.250. The quantitative estimate of drug-likeness (QED) is 0.888. The Bertz CT molecular complexity index is 493. The van der Waals surface area contributed by atoms with Crippen molar-refractivity contribution in [3.05, 3.63) is 29.8 Å². The van der Waals surface area contributed by atoms with E-state index in [1.165, 1.54) is 0 Å². The molecule has 1 saturated heterocycles. The normalized spacial score (nSPS) is 21.7. The molecule has 0 saturated carbocycles. The number of hydrogen-bond acceptors (Lipinski definition) is 5. The summed E-state index contributed by atoms with van der Waals surface area (Å²) in [5, 5.41) is 18.0. The molecule has 1 aromatic carbocycles. The molecule has 21 heavy (non-hydrogen) atoms. The Morgan fingerprint density at radius 2 is 2.14 bits per heavy atom. The zero-order valence-electron chi connectivity index (χ0n) is 12.6. The van der Waals surface area contributed by atoms with Gasteiger partial charge in [0.05, 0.1) is 29.9 Å². The van der Waals surface area contributed by atoms with Crippen LogP contribution in [0.15, 0.2) is 24.3 Å². The van der Waals surface area contributed by atoms with Gasteiger partial charge in [0, 0.05) is 19.6 Å². The highest BCUT2D eigenvalue weighted by Crippen LogP contribution is 2.20. The first kappa shape index (κ1) is 15.8. The highest BCUT2D eigenvalue weighted by molar-refractivity contribution is 5.34. The van der Waals surface area contributed by atoms with Crippen LogP contribution in [0.3, 0.4) is 0 Å². The summed E-state index contributed by atoms with van der Waals surface area (Å²) in [6.45, 7) is 6.99. The zero-order chi connectivity index (χ0) is 15.3. The minimum Gasteiger partial charge on any atom is -0.492 e. The van der Waals surface area contributed by atoms with Crippen LogP contribution < -0.4 is 4.74 Å². The van der Waals surface area contributed by atoms with Gasteiger partial charge in [0.1, 0.15) is 12.4 Å². The number of aliphatic hydroxyl groups excluding tert-OH is 1. The lowest BCUT2D eigenvalue weighted by Crippen LogP contribution is -2.54. The summed E-state index contributed by atoms with van der Waals surface area (Å²) in [7, 11) is 0. The number of nitriles is 1. The molecule has 5 heteroatoms. The summed E-state index contributed by atoms with van der Waals surface area (Å²) in [4.78, 5) is 2.24. The molecular formula is C16H22N2O3. The van der Waals surface area contributed by atoms with Crippen molar-refractivity contribution in [1.82, 2.24) is 4.90 Å². The average Bonchev–Trinajstić information content (AvgIpc) is 2.46. The van der Waals surface area contributed by atoms with Crippen LogP contribution in [0, 0.1) is 11.3 Å². The lowest BCUT2D eigenvalue weighted by Gasteiger charge is -2.42. The standard InChI is InChI=1S/C16H22N2O3/c1-16(2)12-18(10-15(11-19)21-16)7-8-20-14-5-3-13(9-17)4-6-14/h3-6,15,19H,7-8,10-12H2,1-2H3. The Morgan fingerprint density at radius 1 is 1.43 bits per heavy atom. The van der Waals surface area contributed by atoms with Crippen molar-refractivity contribution < 1.29 is 14.6 Å². The van der Waals surface area contributed by atoms with E-state index < -0.39 is 0 Å². The third kappa shape index (κ3) is 4.71. The molecule has 1 fully saturated rings. The minimum absolute atomic E-state index is 0.0381. The van der Waals surface area contributed by atoms with Crippen molar-refractivity contribution in [1.29, 1.82) is 5.26 Å². The number of ether oxygens (including phenoxy) is 2. The first-order valence-corrected chi connectivity index (χ1v) is 7.16. The molecule has 0 radical (unpaired) electrons. The largest absolute Gasteiger partial charge is 0.492 e. The van der Waals surface area contributed by atoms with Crippen molar-refractivity contribution in [2.24, 2.45) is 0 Å². The van der Waals surface area contributed by atoms with E-state index in [9.17, 15) is 5.11 Å². The van der Waals surface area contributed by atoms with Crippen molar-refractivity contribution >= 4 is 0 Å². The van der Waals surface area contributed by atoms with Gasteiger partial charge in [-0.2, -0.15) is 5.26 Å². The highest BCUT2D eigenvalue weighted by atomic mass is 16.5. The fourth-order valence-corrected chi connectivity index (χ4v) is 2.60. The summed E-state index contributed by atoms with van der Waals surface area (Å²) in [5.41, 5.74) is 0.378. The maximum absolute atomic E-state index is 9.28. The molecular weight excluding hydrogens is 268 g/mol. The average molecular weight is 290 g/mol. The number of morpholine rings is 1. The van der Waals surface area contributed by atoms with Crippen molar-refractivity contribution in [2.75, 3.05) is 32.8 Å². The van der Waals surface area contributed by atoms with E-state index in [0.29, 0.717) is 12.2 Å². The van der Waals surface area contributed by atoms with Crippen LogP contribution >= 0.6 is 0 Å². The van der Waals surface area contributed by atoms with Crippen molar-refractivity contribution in [3.8, 4) is 11.8 Å². The molecule has 1 aliphatic rings. The van der Waals surface area contributed by atoms with Gasteiger partial charge in [-0.3, -0.25) is 4.90 Å². The number of nitrogens with zero attached hydrogens (tertiary/aromatic N) is 2. The Hall–Kier alpha value is -1.61. The molecule has 2 rings (SSSR count). The maximum Gasteiger partial charge on any atom is 0.119 e. The number of hydrogen-bond donors (Lipinski definition) is 1. The lowest BCUT2D eigenvalue weighted by atomic mass is 10.1. The fraction of sp³-hybridized carbons (Fsp3) is 0.562. The second kappa shape index (κ2) is 6.90. The van der Waals surface area contributed by atoms with Gasteiger partial charge < -0.3 is 14.6 Å². The third-order valence-corrected chi connectivity index (χ3v) is 3.42. The van der Waals surface area contributed by atoms with E-state index in [1.807, 2.05) is 13.8 Å². The van der Waals surface area contributed by atoms with E-state index in [1.54, 1.807) is 24.3 Å². The Kier molecular flexibility index (Phi) is 5.18. The predicted octanol–water partition coefficient (Wildman–Crippen LogP) is 1.41. The van der Waals surface area contributed by atoms with Crippen LogP contribution in [0.2, 0.25) is 0 Å². The van der Waals surface area contributed by atoms with Gasteiger partial charge in [0.25, 0.3) is 0 Å². The zero-order valence-corrected chi connectivity index (χ0v) is 12.6. The summed E-state index contributed by atoms with van der Waals surface area (Å²) in [5.74, 6) is 0.764. The lowest BCUT2D eigenvalue weighted by molar-refractivity contribution is -0.149. The smallest absolute Gasteiger partial charge is 0.119 e. The van der Waals surface area contributed by atoms with E-state index in [0.717, 1.165) is 25.4 Å². The van der Waals surface area contributed by atoms with Gasteiger partial charge in [0.2, 0.25) is 0 Å². The molecule has 1 heterocycles. The van der Waals surface area contributed by atoms with Gasteiger partial charge >= 0.3 is 0 Å². The first-order valence-electron chi connectivity index (χ1n) is 7.16. The molecule has 0 spiro atoms. The third-order valence-electron chi connectivity index (χ3n) is 3.42. The predicted molar refractivity (Wildman–Crippen MR) is 79.1 cm³/mol. The van der Waals surface area contributed by atoms with Gasteiger partial charge in [-0.1, -0.05) is 0 Å². The van der Waals surface area contributed by atoms with Crippen molar-refractivity contribution in [3.63, 3.8) is 0 Å². The highest BCUT2D eigenvalue weighted by Gasteiger charge is 2.32. The summed E-state index contributed by atoms with van der Waals surface area (Å²) < 4.78 is 11.5. The molecule has 1 atom stereocenters. The summed E-state index contributed by atoms with van der Waals surface area (Å²) in [6, 6.07) is 9.18. The topological polar surface area (TPSA) is 65.7 Å². The number of aliphatic hydroxyl groups is 1. The molecule has 1 aromatic rings. The number of rotatable bonds is 5. The van der Waals surface area contributed by atoms with Crippen LogP contribution in [0.25, 0.3) is 0 Å². The van der Waals surface area contributed by atoms with Crippen LogP contribution in [0.5, 0.6) is 5.75 Å². The van der Waals surface area contributed by atoms with Crippen LogP contribution in [0.4, 0.5) is 0 Å². The van der Waals surface area contributed by atoms with Crippen LogP contribution in [0.1, 0.15) is 19.4 Å². The second-order valence-corrected chi connectivity index (χ2v) is 5.90. The maximum atomic E-state index is 9.28. The first-order chi connectivity index (χ1) is 10.0. The SMILES string of the molecule is CC1(C)CN(CCOc2ccc(C#N)cc2)CC(CO)O1. The monoisotopic (exact) mass is 290 g/mol. The van der Waals surface area contributed by atoms with E-state index in [2.05, 4.69) is 11.0 Å². The Morgan fingerprint density at radius 3 is 2.76 bits per heavy atom. The van der Waals surface area contributed by atoms with Gasteiger partial charge in [-0.05, 0) is 38.1 Å². The molecule has 1 aliphatic heterocycles. The van der Waals surface area contributed by atoms with Gasteiger partial charge in [-0.25, -0.2) is 0 Å². The van der Waals surface area contributed by atoms with E-state index in [-0.39, 0.29) is 18.3 Å². The molecule has 0 aromatic heterocycles. The van der Waals surface area contributed by atoms with E-state index >= 15 is 0 Å². The molecule has 1 N–H and O–H groups in total. The molecule has 0 aliphatic carbocycles. The summed E-state index contributed by atoms with van der Waals surface area (Å²) >= 11 is 0. The molecule has 1 unspecified atom stereocenters. The fourth-order valence-electron chi connectivity index (χ4n) is 2.60. The van der Waals surface area contributed by atoms with Crippen molar-refractivity contribution in [2.45, 2.75) is 25.6 Å². The van der Waals surface area contributed by atoms with Crippen LogP contribution in [-0.2, 0) is 4.74 Å². The van der Waals surface area contributed by atoms with Gasteiger partial charge in [0.15, 0.2) is 0 Å². The Balaban J connectivity index is 1.80. The Labute approximate surface area is 125 Å². The second-order valence-electron chi connectivity index (χ2n) is 5.90.